The molecule has 2 aliphatic heterocycles. The highest BCUT2D eigenvalue weighted by molar-refractivity contribution is 5.53. The summed E-state index contributed by atoms with van der Waals surface area (Å²) in [7, 11) is 3.06. The highest BCUT2D eigenvalue weighted by atomic mass is 16.7. The van der Waals surface area contributed by atoms with Crippen LogP contribution >= 0.6 is 0 Å². The molecule has 1 fully saturated rings. The van der Waals surface area contributed by atoms with Crippen LogP contribution in [0.15, 0.2) is 23.1 Å². The van der Waals surface area contributed by atoms with Crippen molar-refractivity contribution in [3.8, 4) is 17.2 Å². The molecule has 0 saturated carbocycles. The van der Waals surface area contributed by atoms with Crippen molar-refractivity contribution in [1.82, 2.24) is 9.55 Å². The smallest absolute Gasteiger partial charge is 0.351 e. The van der Waals surface area contributed by atoms with Crippen molar-refractivity contribution in [3.63, 3.8) is 0 Å². The lowest BCUT2D eigenvalue weighted by Gasteiger charge is -2.29. The summed E-state index contributed by atoms with van der Waals surface area (Å²) in [4.78, 5) is 16.2. The van der Waals surface area contributed by atoms with Crippen molar-refractivity contribution in [3.05, 3.63) is 39.9 Å². The molecule has 2 aromatic rings. The summed E-state index contributed by atoms with van der Waals surface area (Å²) in [5.41, 5.74) is 6.38. The third kappa shape index (κ3) is 3.56. The Kier molecular flexibility index (Phi) is 5.52. The van der Waals surface area contributed by atoms with Crippen LogP contribution in [0, 0.1) is 0 Å². The Balaban J connectivity index is 1.66. The van der Waals surface area contributed by atoms with Gasteiger partial charge in [-0.05, 0) is 6.07 Å². The van der Waals surface area contributed by atoms with E-state index in [0.717, 1.165) is 5.56 Å². The summed E-state index contributed by atoms with van der Waals surface area (Å²) in [5, 5.41) is 19.3. The van der Waals surface area contributed by atoms with Crippen LogP contribution in [0.25, 0.3) is 0 Å². The van der Waals surface area contributed by atoms with Crippen molar-refractivity contribution in [2.45, 2.75) is 37.8 Å². The number of anilines is 1. The molecular weight excluding hydrogens is 398 g/mol. The molecule has 1 saturated heterocycles. The van der Waals surface area contributed by atoms with Gasteiger partial charge in [0.15, 0.2) is 11.5 Å². The third-order valence-electron chi connectivity index (χ3n) is 5.14. The third-order valence-corrected chi connectivity index (χ3v) is 5.14. The molecule has 0 spiro atoms. The summed E-state index contributed by atoms with van der Waals surface area (Å²) < 4.78 is 29.2. The summed E-state index contributed by atoms with van der Waals surface area (Å²) in [6.07, 6.45) is -1.87. The number of rotatable bonds is 5. The predicted molar refractivity (Wildman–Crippen MR) is 102 cm³/mol. The second-order valence-electron chi connectivity index (χ2n) is 6.96. The minimum absolute atomic E-state index is 0.0468. The molecule has 0 radical (unpaired) electrons. The highest BCUT2D eigenvalue weighted by Crippen LogP contribution is 2.43. The first kappa shape index (κ1) is 20.4. The van der Waals surface area contributed by atoms with Crippen LogP contribution in [-0.2, 0) is 16.1 Å². The number of nitrogens with zero attached hydrogens (tertiary/aromatic N) is 2. The van der Waals surface area contributed by atoms with Crippen molar-refractivity contribution in [2.24, 2.45) is 0 Å². The van der Waals surface area contributed by atoms with Crippen LogP contribution in [0.5, 0.6) is 17.2 Å². The van der Waals surface area contributed by atoms with Gasteiger partial charge in [-0.3, -0.25) is 4.57 Å². The maximum atomic E-state index is 12.4. The van der Waals surface area contributed by atoms with E-state index >= 15 is 0 Å². The molecule has 30 heavy (non-hydrogen) atoms. The molecule has 3 heterocycles. The molecule has 4 N–H and O–H groups in total. The van der Waals surface area contributed by atoms with E-state index in [2.05, 4.69) is 4.98 Å². The zero-order valence-corrected chi connectivity index (χ0v) is 16.5. The molecule has 4 rings (SSSR count). The van der Waals surface area contributed by atoms with Gasteiger partial charge in [-0.1, -0.05) is 0 Å². The van der Waals surface area contributed by atoms with Crippen LogP contribution in [0.2, 0.25) is 0 Å². The summed E-state index contributed by atoms with van der Waals surface area (Å²) >= 11 is 0. The molecule has 0 aliphatic carbocycles. The number of hydrogen-bond donors (Lipinski definition) is 3. The molecule has 0 bridgehead atoms. The number of aromatic nitrogens is 2. The SMILES string of the molecule is COc1cc2c(c(OC)c1)OC(c1cn([C@H]3CC(O)[C@@H](CO)O3)c(=O)nc1N)OC2. The standard InChI is InChI=1S/C19H23N3O8/c1-26-10-3-9-8-28-18(30-16(9)13(4-10)27-2)11-6-22(19(25)21-17(11)20)15-5-12(24)14(7-23)29-15/h3-4,6,12,14-15,18,23-24H,5,7-8H2,1-2H3,(H2,20,21,25)/t12?,14-,15-,18?/m1/s1. The van der Waals surface area contributed by atoms with Crippen molar-refractivity contribution in [2.75, 3.05) is 26.6 Å². The number of methoxy groups -OCH3 is 2. The lowest BCUT2D eigenvalue weighted by atomic mass is 10.1. The largest absolute Gasteiger partial charge is 0.497 e. The maximum Gasteiger partial charge on any atom is 0.351 e. The van der Waals surface area contributed by atoms with Crippen molar-refractivity contribution >= 4 is 5.82 Å². The van der Waals surface area contributed by atoms with E-state index in [0.29, 0.717) is 22.8 Å². The van der Waals surface area contributed by atoms with Gasteiger partial charge in [0, 0.05) is 24.2 Å². The molecule has 0 amide bonds. The van der Waals surface area contributed by atoms with Gasteiger partial charge >= 0.3 is 5.69 Å². The Morgan fingerprint density at radius 3 is 2.80 bits per heavy atom. The fourth-order valence-electron chi connectivity index (χ4n) is 3.54. The number of nitrogens with two attached hydrogens (primary N) is 1. The summed E-state index contributed by atoms with van der Waals surface area (Å²) in [6, 6.07) is 3.46. The van der Waals surface area contributed by atoms with Gasteiger partial charge in [0.25, 0.3) is 0 Å². The fourth-order valence-corrected chi connectivity index (χ4v) is 3.54. The van der Waals surface area contributed by atoms with Crippen LogP contribution in [0.3, 0.4) is 0 Å². The molecule has 2 aliphatic rings. The average molecular weight is 421 g/mol. The lowest BCUT2D eigenvalue weighted by Crippen LogP contribution is -2.31. The van der Waals surface area contributed by atoms with E-state index < -0.39 is 30.4 Å². The number of hydrogen-bond acceptors (Lipinski definition) is 10. The second kappa shape index (κ2) is 8.11. The number of fused-ring (bicyclic) bond motifs is 1. The van der Waals surface area contributed by atoms with Gasteiger partial charge in [-0.25, -0.2) is 4.79 Å². The van der Waals surface area contributed by atoms with E-state index in [-0.39, 0.29) is 25.5 Å². The molecule has 4 atom stereocenters. The Bertz CT molecular complexity index is 977. The van der Waals surface area contributed by atoms with Gasteiger partial charge in [0.2, 0.25) is 6.29 Å². The highest BCUT2D eigenvalue weighted by Gasteiger charge is 2.36. The van der Waals surface area contributed by atoms with E-state index in [9.17, 15) is 15.0 Å². The van der Waals surface area contributed by atoms with Gasteiger partial charge < -0.3 is 39.6 Å². The van der Waals surface area contributed by atoms with Crippen molar-refractivity contribution < 1.29 is 33.9 Å². The minimum Gasteiger partial charge on any atom is -0.497 e. The first-order valence-corrected chi connectivity index (χ1v) is 9.31. The topological polar surface area (TPSA) is 148 Å². The molecule has 1 aromatic heterocycles. The van der Waals surface area contributed by atoms with Crippen LogP contribution in [0.4, 0.5) is 5.82 Å². The average Bonchev–Trinajstić information content (AvgIpc) is 3.13. The zero-order valence-electron chi connectivity index (χ0n) is 16.5. The van der Waals surface area contributed by atoms with Crippen LogP contribution in [-0.4, -0.2) is 52.8 Å². The van der Waals surface area contributed by atoms with Gasteiger partial charge in [-0.2, -0.15) is 4.98 Å². The Hall–Kier alpha value is -2.86. The molecule has 11 heteroatoms. The number of ether oxygens (including phenoxy) is 5. The molecule has 11 nitrogen and oxygen atoms in total. The number of aliphatic hydroxyl groups excluding tert-OH is 2. The van der Waals surface area contributed by atoms with E-state index in [1.165, 1.54) is 17.9 Å². The van der Waals surface area contributed by atoms with Gasteiger partial charge in [0.05, 0.1) is 39.1 Å². The number of nitrogen functional groups attached to an aromatic ring is 1. The van der Waals surface area contributed by atoms with Crippen molar-refractivity contribution in [1.29, 1.82) is 0 Å². The lowest BCUT2D eigenvalue weighted by molar-refractivity contribution is -0.113. The van der Waals surface area contributed by atoms with Gasteiger partial charge in [-0.15, -0.1) is 0 Å². The van der Waals surface area contributed by atoms with E-state index in [1.54, 1.807) is 19.2 Å². The molecule has 1 aromatic carbocycles. The van der Waals surface area contributed by atoms with E-state index in [4.69, 9.17) is 29.4 Å². The number of aliphatic hydroxyl groups is 2. The number of benzene rings is 1. The first-order chi connectivity index (χ1) is 14.4. The Morgan fingerprint density at radius 2 is 2.13 bits per heavy atom. The monoisotopic (exact) mass is 421 g/mol. The summed E-state index contributed by atoms with van der Waals surface area (Å²) in [5.74, 6) is 1.49. The molecule has 162 valence electrons. The Labute approximate surface area is 171 Å². The fraction of sp³-hybridized carbons (Fsp3) is 0.474. The quantitative estimate of drug-likeness (QED) is 0.607. The maximum absolute atomic E-state index is 12.4. The van der Waals surface area contributed by atoms with Crippen LogP contribution < -0.4 is 25.6 Å². The first-order valence-electron chi connectivity index (χ1n) is 9.31. The van der Waals surface area contributed by atoms with Crippen LogP contribution in [0.1, 0.15) is 30.1 Å². The Morgan fingerprint density at radius 1 is 1.33 bits per heavy atom. The molecule has 2 unspecified atom stereocenters. The predicted octanol–water partition coefficient (Wildman–Crippen LogP) is 0.0912. The van der Waals surface area contributed by atoms with Gasteiger partial charge in [0.1, 0.15) is 23.9 Å². The molecular formula is C19H23N3O8. The minimum atomic E-state index is -0.945. The zero-order chi connectivity index (χ0) is 21.4. The summed E-state index contributed by atoms with van der Waals surface area (Å²) in [6.45, 7) is -0.173. The second-order valence-corrected chi connectivity index (χ2v) is 6.96. The van der Waals surface area contributed by atoms with E-state index in [1.807, 2.05) is 0 Å². The normalized spacial score (nSPS) is 25.5.